The lowest BCUT2D eigenvalue weighted by molar-refractivity contribution is 0.130. The fraction of sp³-hybridized carbons (Fsp3) is 0.562. The summed E-state index contributed by atoms with van der Waals surface area (Å²) in [5.41, 5.74) is 2.33. The van der Waals surface area contributed by atoms with E-state index in [1.807, 2.05) is 15.9 Å². The van der Waals surface area contributed by atoms with Crippen molar-refractivity contribution in [2.75, 3.05) is 19.6 Å². The van der Waals surface area contributed by atoms with E-state index in [0.717, 1.165) is 50.4 Å². The molecule has 2 aliphatic rings. The molecule has 108 valence electrons. The van der Waals surface area contributed by atoms with Crippen LogP contribution in [0.2, 0.25) is 0 Å². The van der Waals surface area contributed by atoms with Crippen LogP contribution in [0.25, 0.3) is 0 Å². The van der Waals surface area contributed by atoms with Crippen LogP contribution in [-0.2, 0) is 13.0 Å². The minimum atomic E-state index is 0.158. The zero-order valence-electron chi connectivity index (χ0n) is 12.0. The van der Waals surface area contributed by atoms with Gasteiger partial charge in [0, 0.05) is 26.2 Å². The molecule has 2 heterocycles. The van der Waals surface area contributed by atoms with Crippen LogP contribution in [0.4, 0.5) is 4.79 Å². The number of phenolic OH excluding ortho intramolecular Hbond substituents is 1. The van der Waals surface area contributed by atoms with E-state index in [2.05, 4.69) is 6.92 Å². The molecule has 0 unspecified atom stereocenters. The molecule has 4 heteroatoms. The summed E-state index contributed by atoms with van der Waals surface area (Å²) in [6.45, 7) is 5.41. The average molecular weight is 274 g/mol. The third-order valence-corrected chi connectivity index (χ3v) is 4.53. The van der Waals surface area contributed by atoms with E-state index < -0.39 is 0 Å². The molecule has 2 aliphatic heterocycles. The Bertz CT molecular complexity index is 507. The monoisotopic (exact) mass is 274 g/mol. The number of benzene rings is 1. The number of amides is 2. The summed E-state index contributed by atoms with van der Waals surface area (Å²) in [7, 11) is 0. The lowest BCUT2D eigenvalue weighted by Crippen LogP contribution is -2.48. The molecule has 1 N–H and O–H groups in total. The summed E-state index contributed by atoms with van der Waals surface area (Å²) in [6, 6.07) is 5.63. The minimum absolute atomic E-state index is 0.158. The first-order chi connectivity index (χ1) is 9.63. The summed E-state index contributed by atoms with van der Waals surface area (Å²) in [6.07, 6.45) is 3.10. The molecule has 1 saturated heterocycles. The first kappa shape index (κ1) is 13.3. The van der Waals surface area contributed by atoms with E-state index >= 15 is 0 Å². The summed E-state index contributed by atoms with van der Waals surface area (Å²) in [5.74, 6) is 1.02. The SMILES string of the molecule is CC1CCN(C(=O)N2CCc3ccc(O)cc3C2)CC1. The van der Waals surface area contributed by atoms with Crippen LogP contribution in [0, 0.1) is 5.92 Å². The van der Waals surface area contributed by atoms with Crippen molar-refractivity contribution in [3.05, 3.63) is 29.3 Å². The second-order valence-electron chi connectivity index (χ2n) is 6.08. The molecule has 20 heavy (non-hydrogen) atoms. The van der Waals surface area contributed by atoms with E-state index in [1.54, 1.807) is 12.1 Å². The van der Waals surface area contributed by atoms with Gasteiger partial charge in [-0.2, -0.15) is 0 Å². The van der Waals surface area contributed by atoms with Gasteiger partial charge in [-0.3, -0.25) is 0 Å². The van der Waals surface area contributed by atoms with Crippen molar-refractivity contribution in [2.24, 2.45) is 5.92 Å². The highest BCUT2D eigenvalue weighted by molar-refractivity contribution is 5.75. The lowest BCUT2D eigenvalue weighted by Gasteiger charge is -2.37. The summed E-state index contributed by atoms with van der Waals surface area (Å²) in [4.78, 5) is 16.4. The molecule has 2 amide bonds. The predicted octanol–water partition coefficient (Wildman–Crippen LogP) is 2.60. The molecular weight excluding hydrogens is 252 g/mol. The predicted molar refractivity (Wildman–Crippen MR) is 77.6 cm³/mol. The van der Waals surface area contributed by atoms with Gasteiger partial charge in [0.25, 0.3) is 0 Å². The Kier molecular flexibility index (Phi) is 3.55. The van der Waals surface area contributed by atoms with Gasteiger partial charge in [-0.25, -0.2) is 4.79 Å². The van der Waals surface area contributed by atoms with Gasteiger partial charge in [0.1, 0.15) is 5.75 Å². The number of hydrogen-bond acceptors (Lipinski definition) is 2. The third-order valence-electron chi connectivity index (χ3n) is 4.53. The molecule has 3 rings (SSSR count). The molecule has 1 aromatic carbocycles. The number of carbonyl (C=O) groups excluding carboxylic acids is 1. The smallest absolute Gasteiger partial charge is 0.320 e. The van der Waals surface area contributed by atoms with E-state index in [4.69, 9.17) is 0 Å². The maximum absolute atomic E-state index is 12.5. The molecule has 1 fully saturated rings. The van der Waals surface area contributed by atoms with Crippen LogP contribution in [0.15, 0.2) is 18.2 Å². The summed E-state index contributed by atoms with van der Waals surface area (Å²) < 4.78 is 0. The van der Waals surface area contributed by atoms with Crippen molar-refractivity contribution in [3.8, 4) is 5.75 Å². The first-order valence-electron chi connectivity index (χ1n) is 7.48. The topological polar surface area (TPSA) is 43.8 Å². The molecular formula is C16H22N2O2. The molecule has 0 saturated carbocycles. The van der Waals surface area contributed by atoms with E-state index in [0.29, 0.717) is 6.54 Å². The third kappa shape index (κ3) is 2.60. The van der Waals surface area contributed by atoms with Crippen LogP contribution in [0.3, 0.4) is 0 Å². The van der Waals surface area contributed by atoms with Gasteiger partial charge in [-0.05, 0) is 48.4 Å². The molecule has 0 aliphatic carbocycles. The molecule has 0 aromatic heterocycles. The fourth-order valence-corrected chi connectivity index (χ4v) is 3.11. The molecule has 0 bridgehead atoms. The molecule has 0 radical (unpaired) electrons. The highest BCUT2D eigenvalue weighted by Crippen LogP contribution is 2.25. The normalized spacial score (nSPS) is 19.9. The fourth-order valence-electron chi connectivity index (χ4n) is 3.11. The Balaban J connectivity index is 1.68. The number of rotatable bonds is 0. The Labute approximate surface area is 120 Å². The second-order valence-corrected chi connectivity index (χ2v) is 6.08. The van der Waals surface area contributed by atoms with Crippen molar-refractivity contribution in [2.45, 2.75) is 32.7 Å². The highest BCUT2D eigenvalue weighted by Gasteiger charge is 2.27. The van der Waals surface area contributed by atoms with Gasteiger partial charge in [0.2, 0.25) is 0 Å². The summed E-state index contributed by atoms with van der Waals surface area (Å²) in [5, 5.41) is 9.58. The van der Waals surface area contributed by atoms with Crippen LogP contribution in [-0.4, -0.2) is 40.6 Å². The van der Waals surface area contributed by atoms with Crippen LogP contribution in [0.5, 0.6) is 5.75 Å². The maximum Gasteiger partial charge on any atom is 0.320 e. The quantitative estimate of drug-likeness (QED) is 0.790. The van der Waals surface area contributed by atoms with Crippen LogP contribution < -0.4 is 0 Å². The zero-order chi connectivity index (χ0) is 14.1. The van der Waals surface area contributed by atoms with E-state index in [1.165, 1.54) is 5.56 Å². The Morgan fingerprint density at radius 1 is 1.15 bits per heavy atom. The number of aromatic hydroxyl groups is 1. The number of nitrogens with zero attached hydrogens (tertiary/aromatic N) is 2. The summed E-state index contributed by atoms with van der Waals surface area (Å²) >= 11 is 0. The van der Waals surface area contributed by atoms with Crippen molar-refractivity contribution >= 4 is 6.03 Å². The zero-order valence-corrected chi connectivity index (χ0v) is 12.0. The molecule has 0 spiro atoms. The van der Waals surface area contributed by atoms with Crippen molar-refractivity contribution in [1.29, 1.82) is 0 Å². The van der Waals surface area contributed by atoms with Crippen molar-refractivity contribution in [3.63, 3.8) is 0 Å². The van der Waals surface area contributed by atoms with E-state index in [-0.39, 0.29) is 11.8 Å². The number of likely N-dealkylation sites (tertiary alicyclic amines) is 1. The molecule has 0 atom stereocenters. The lowest BCUT2D eigenvalue weighted by atomic mass is 9.98. The highest BCUT2D eigenvalue weighted by atomic mass is 16.3. The van der Waals surface area contributed by atoms with Gasteiger partial charge in [-0.1, -0.05) is 13.0 Å². The van der Waals surface area contributed by atoms with Crippen LogP contribution >= 0.6 is 0 Å². The number of piperidine rings is 1. The first-order valence-corrected chi connectivity index (χ1v) is 7.48. The van der Waals surface area contributed by atoms with Crippen molar-refractivity contribution in [1.82, 2.24) is 9.80 Å². The average Bonchev–Trinajstić information content (AvgIpc) is 2.46. The van der Waals surface area contributed by atoms with Gasteiger partial charge in [0.05, 0.1) is 0 Å². The number of urea groups is 1. The number of hydrogen-bond donors (Lipinski definition) is 1. The van der Waals surface area contributed by atoms with Gasteiger partial charge < -0.3 is 14.9 Å². The second kappa shape index (κ2) is 5.35. The van der Waals surface area contributed by atoms with E-state index in [9.17, 15) is 9.90 Å². The number of phenols is 1. The van der Waals surface area contributed by atoms with Gasteiger partial charge in [0.15, 0.2) is 0 Å². The maximum atomic E-state index is 12.5. The van der Waals surface area contributed by atoms with Crippen molar-refractivity contribution < 1.29 is 9.90 Å². The van der Waals surface area contributed by atoms with Crippen LogP contribution in [0.1, 0.15) is 30.9 Å². The Hall–Kier alpha value is -1.71. The van der Waals surface area contributed by atoms with Gasteiger partial charge >= 0.3 is 6.03 Å². The van der Waals surface area contributed by atoms with Gasteiger partial charge in [-0.15, -0.1) is 0 Å². The number of fused-ring (bicyclic) bond motifs is 1. The molecule has 4 nitrogen and oxygen atoms in total. The number of carbonyl (C=O) groups is 1. The Morgan fingerprint density at radius 3 is 2.65 bits per heavy atom. The molecule has 1 aromatic rings. The largest absolute Gasteiger partial charge is 0.508 e. The standard InChI is InChI=1S/C16H22N2O2/c1-12-4-7-17(8-5-12)16(20)18-9-6-13-2-3-15(19)10-14(13)11-18/h2-3,10,12,19H,4-9,11H2,1H3. The minimum Gasteiger partial charge on any atom is -0.508 e. The Morgan fingerprint density at radius 2 is 1.90 bits per heavy atom.